The van der Waals surface area contributed by atoms with E-state index in [1.165, 1.54) is 0 Å². The normalized spacial score (nSPS) is 18.3. The minimum Gasteiger partial charge on any atom is -0.508 e. The first-order chi connectivity index (χ1) is 11.4. The highest BCUT2D eigenvalue weighted by Gasteiger charge is 2.31. The van der Waals surface area contributed by atoms with Crippen LogP contribution in [0.3, 0.4) is 0 Å². The topological polar surface area (TPSA) is 63.9 Å². The standard InChI is InChI=1S/C17H22N2O3S2/c1-9(2)21-17(22-10(3)4)13-8-23-15(19-13)16-18-12-6-5-11(20)7-14(12)24-16/h5-7,9-10,13,17,20H,8H2,1-4H3. The third-order valence-corrected chi connectivity index (χ3v) is 5.59. The molecule has 130 valence electrons. The molecular formula is C17H22N2O3S2. The summed E-state index contributed by atoms with van der Waals surface area (Å²) < 4.78 is 12.8. The van der Waals surface area contributed by atoms with Crippen LogP contribution in [0.15, 0.2) is 23.2 Å². The van der Waals surface area contributed by atoms with E-state index in [1.807, 2.05) is 33.8 Å². The van der Waals surface area contributed by atoms with Crippen molar-refractivity contribution in [3.8, 4) is 5.75 Å². The van der Waals surface area contributed by atoms with E-state index in [0.29, 0.717) is 0 Å². The highest BCUT2D eigenvalue weighted by Crippen LogP contribution is 2.32. The van der Waals surface area contributed by atoms with E-state index in [9.17, 15) is 5.11 Å². The molecule has 0 bridgehead atoms. The van der Waals surface area contributed by atoms with Gasteiger partial charge < -0.3 is 14.6 Å². The van der Waals surface area contributed by atoms with Gasteiger partial charge in [0.1, 0.15) is 21.8 Å². The van der Waals surface area contributed by atoms with Crippen LogP contribution in [0.25, 0.3) is 10.2 Å². The molecule has 0 saturated heterocycles. The first-order valence-electron chi connectivity index (χ1n) is 8.04. The van der Waals surface area contributed by atoms with Crippen LogP contribution in [0, 0.1) is 0 Å². The van der Waals surface area contributed by atoms with Gasteiger partial charge in [0, 0.05) is 5.75 Å². The van der Waals surface area contributed by atoms with Crippen molar-refractivity contribution in [3.05, 3.63) is 23.2 Å². The van der Waals surface area contributed by atoms with E-state index in [-0.39, 0.29) is 30.3 Å². The molecule has 1 aliphatic heterocycles. The maximum Gasteiger partial charge on any atom is 0.181 e. The molecular weight excluding hydrogens is 344 g/mol. The van der Waals surface area contributed by atoms with Crippen molar-refractivity contribution in [2.45, 2.75) is 52.2 Å². The Hall–Kier alpha value is -1.15. The van der Waals surface area contributed by atoms with Crippen LogP contribution >= 0.6 is 23.1 Å². The zero-order chi connectivity index (χ0) is 17.3. The summed E-state index contributed by atoms with van der Waals surface area (Å²) in [6, 6.07) is 5.19. The number of phenolic OH excluding ortho intramolecular Hbond substituents is 1. The third-order valence-electron chi connectivity index (χ3n) is 3.36. The lowest BCUT2D eigenvalue weighted by Crippen LogP contribution is -2.35. The molecule has 1 atom stereocenters. The highest BCUT2D eigenvalue weighted by molar-refractivity contribution is 8.15. The summed E-state index contributed by atoms with van der Waals surface area (Å²) in [7, 11) is 0. The molecule has 1 unspecified atom stereocenters. The van der Waals surface area contributed by atoms with Gasteiger partial charge in [-0.2, -0.15) is 0 Å². The minimum absolute atomic E-state index is 0.0322. The summed E-state index contributed by atoms with van der Waals surface area (Å²) in [5, 5.41) is 11.4. The van der Waals surface area contributed by atoms with Gasteiger partial charge in [0.2, 0.25) is 0 Å². The number of rotatable bonds is 6. The summed E-state index contributed by atoms with van der Waals surface area (Å²) in [5.41, 5.74) is 0.882. The van der Waals surface area contributed by atoms with E-state index in [1.54, 1.807) is 35.2 Å². The largest absolute Gasteiger partial charge is 0.508 e. The molecule has 2 aromatic rings. The Labute approximate surface area is 150 Å². The number of thioether (sulfide) groups is 1. The lowest BCUT2D eigenvalue weighted by molar-refractivity contribution is -0.187. The Morgan fingerprint density at radius 3 is 2.54 bits per heavy atom. The van der Waals surface area contributed by atoms with Crippen molar-refractivity contribution in [1.29, 1.82) is 0 Å². The first kappa shape index (κ1) is 17.7. The van der Waals surface area contributed by atoms with Crippen LogP contribution in [0.1, 0.15) is 32.7 Å². The Morgan fingerprint density at radius 2 is 1.88 bits per heavy atom. The average molecular weight is 367 g/mol. The second kappa shape index (κ2) is 7.39. The van der Waals surface area contributed by atoms with Crippen molar-refractivity contribution < 1.29 is 14.6 Å². The van der Waals surface area contributed by atoms with Crippen molar-refractivity contribution in [2.24, 2.45) is 4.99 Å². The number of thiazole rings is 1. The number of nitrogens with zero attached hydrogens (tertiary/aromatic N) is 2. The maximum atomic E-state index is 9.60. The van der Waals surface area contributed by atoms with Crippen LogP contribution in [0.4, 0.5) is 0 Å². The molecule has 0 aliphatic carbocycles. The molecule has 0 saturated carbocycles. The molecule has 24 heavy (non-hydrogen) atoms. The van der Waals surface area contributed by atoms with Crippen molar-refractivity contribution in [3.63, 3.8) is 0 Å². The second-order valence-corrected chi connectivity index (χ2v) is 8.26. The number of hydrogen-bond acceptors (Lipinski definition) is 7. The van der Waals surface area contributed by atoms with E-state index < -0.39 is 0 Å². The van der Waals surface area contributed by atoms with Gasteiger partial charge in [-0.05, 0) is 45.9 Å². The van der Waals surface area contributed by atoms with Gasteiger partial charge in [-0.15, -0.1) is 23.1 Å². The van der Waals surface area contributed by atoms with Crippen molar-refractivity contribution >= 4 is 38.4 Å². The van der Waals surface area contributed by atoms with Crippen LogP contribution in [0.5, 0.6) is 5.75 Å². The molecule has 1 aromatic heterocycles. The monoisotopic (exact) mass is 366 g/mol. The number of aliphatic imine (C=N–C) groups is 1. The number of hydrogen-bond donors (Lipinski definition) is 1. The van der Waals surface area contributed by atoms with E-state index in [2.05, 4.69) is 4.98 Å². The quantitative estimate of drug-likeness (QED) is 0.782. The molecule has 7 heteroatoms. The van der Waals surface area contributed by atoms with Crippen molar-refractivity contribution in [1.82, 2.24) is 4.98 Å². The molecule has 1 aromatic carbocycles. The number of benzene rings is 1. The smallest absolute Gasteiger partial charge is 0.181 e. The van der Waals surface area contributed by atoms with Gasteiger partial charge >= 0.3 is 0 Å². The van der Waals surface area contributed by atoms with Crippen molar-refractivity contribution in [2.75, 3.05) is 5.75 Å². The second-order valence-electron chi connectivity index (χ2n) is 6.22. The zero-order valence-electron chi connectivity index (χ0n) is 14.2. The van der Waals surface area contributed by atoms with E-state index >= 15 is 0 Å². The van der Waals surface area contributed by atoms with Gasteiger partial charge in [0.15, 0.2) is 6.29 Å². The van der Waals surface area contributed by atoms with Crippen LogP contribution in [0.2, 0.25) is 0 Å². The number of fused-ring (bicyclic) bond motifs is 1. The Morgan fingerprint density at radius 1 is 1.17 bits per heavy atom. The summed E-state index contributed by atoms with van der Waals surface area (Å²) in [6.45, 7) is 8.01. The highest BCUT2D eigenvalue weighted by atomic mass is 32.2. The first-order valence-corrected chi connectivity index (χ1v) is 9.84. The molecule has 0 spiro atoms. The van der Waals surface area contributed by atoms with Crippen LogP contribution in [-0.4, -0.2) is 45.4 Å². The predicted molar refractivity (Wildman–Crippen MR) is 100 cm³/mol. The Kier molecular flexibility index (Phi) is 5.44. The molecule has 0 fully saturated rings. The Bertz CT molecular complexity index is 733. The van der Waals surface area contributed by atoms with Gasteiger partial charge in [-0.1, -0.05) is 0 Å². The van der Waals surface area contributed by atoms with Gasteiger partial charge in [-0.3, -0.25) is 4.99 Å². The molecule has 3 rings (SSSR count). The summed E-state index contributed by atoms with van der Waals surface area (Å²) in [4.78, 5) is 9.42. The number of aromatic nitrogens is 1. The minimum atomic E-state index is -0.339. The number of phenols is 1. The average Bonchev–Trinajstić information content (AvgIpc) is 3.11. The fourth-order valence-corrected chi connectivity index (χ4v) is 4.53. The molecule has 1 aliphatic rings. The molecule has 2 heterocycles. The summed E-state index contributed by atoms with van der Waals surface area (Å²) >= 11 is 3.23. The predicted octanol–water partition coefficient (Wildman–Crippen LogP) is 4.04. The van der Waals surface area contributed by atoms with Crippen LogP contribution < -0.4 is 0 Å². The Balaban J connectivity index is 1.82. The SMILES string of the molecule is CC(C)OC(OC(C)C)C1CSC(c2nc3ccc(O)cc3s2)=N1. The van der Waals surface area contributed by atoms with E-state index in [4.69, 9.17) is 14.5 Å². The maximum absolute atomic E-state index is 9.60. The van der Waals surface area contributed by atoms with E-state index in [0.717, 1.165) is 26.0 Å². The van der Waals surface area contributed by atoms with Crippen LogP contribution in [-0.2, 0) is 9.47 Å². The lowest BCUT2D eigenvalue weighted by Gasteiger charge is -2.25. The fourth-order valence-electron chi connectivity index (χ4n) is 2.40. The fraction of sp³-hybridized carbons (Fsp3) is 0.529. The van der Waals surface area contributed by atoms with Gasteiger partial charge in [-0.25, -0.2) is 4.98 Å². The lowest BCUT2D eigenvalue weighted by atomic mass is 10.3. The summed E-state index contributed by atoms with van der Waals surface area (Å²) in [6.07, 6.45) is -0.166. The molecule has 1 N–H and O–H groups in total. The molecule has 0 radical (unpaired) electrons. The van der Waals surface area contributed by atoms with Gasteiger partial charge in [0.05, 0.1) is 22.4 Å². The summed E-state index contributed by atoms with van der Waals surface area (Å²) in [5.74, 6) is 1.08. The molecule has 5 nitrogen and oxygen atoms in total. The zero-order valence-corrected chi connectivity index (χ0v) is 15.9. The van der Waals surface area contributed by atoms with Gasteiger partial charge in [0.25, 0.3) is 0 Å². The molecule has 0 amide bonds. The number of aromatic hydroxyl groups is 1. The number of ether oxygens (including phenoxy) is 2. The third kappa shape index (κ3) is 4.08.